The predicted molar refractivity (Wildman–Crippen MR) is 94.1 cm³/mol. The highest BCUT2D eigenvalue weighted by atomic mass is 35.5. The maximum Gasteiger partial charge on any atom is 0.338 e. The highest BCUT2D eigenvalue weighted by Crippen LogP contribution is 2.43. The molecule has 0 radical (unpaired) electrons. The van der Waals surface area contributed by atoms with E-state index in [0.29, 0.717) is 22.9 Å². The monoisotopic (exact) mass is 348 g/mol. The summed E-state index contributed by atoms with van der Waals surface area (Å²) >= 11 is 7.58. The quantitative estimate of drug-likeness (QED) is 0.754. The molecule has 0 bridgehead atoms. The Morgan fingerprint density at radius 1 is 1.35 bits per heavy atom. The van der Waals surface area contributed by atoms with E-state index in [1.807, 2.05) is 43.5 Å². The zero-order valence-corrected chi connectivity index (χ0v) is 14.7. The van der Waals surface area contributed by atoms with Crippen LogP contribution in [0, 0.1) is 0 Å². The number of ether oxygens (including phenoxy) is 1. The van der Waals surface area contributed by atoms with Crippen LogP contribution in [0.25, 0.3) is 0 Å². The number of esters is 1. The van der Waals surface area contributed by atoms with E-state index in [4.69, 9.17) is 16.3 Å². The first-order chi connectivity index (χ1) is 11.0. The van der Waals surface area contributed by atoms with Gasteiger partial charge in [0.05, 0.1) is 23.9 Å². The third-order valence-corrected chi connectivity index (χ3v) is 5.00. The van der Waals surface area contributed by atoms with Gasteiger partial charge in [-0.25, -0.2) is 9.79 Å². The molecule has 0 saturated carbocycles. The zero-order valence-electron chi connectivity index (χ0n) is 13.2. The molecule has 6 heteroatoms. The van der Waals surface area contributed by atoms with Crippen molar-refractivity contribution in [3.63, 3.8) is 0 Å². The van der Waals surface area contributed by atoms with Crippen LogP contribution in [0.15, 0.2) is 51.6 Å². The Kier molecular flexibility index (Phi) is 4.50. The van der Waals surface area contributed by atoms with E-state index >= 15 is 0 Å². The third-order valence-electron chi connectivity index (χ3n) is 3.79. The van der Waals surface area contributed by atoms with E-state index in [1.165, 1.54) is 0 Å². The minimum absolute atomic E-state index is 0.245. The van der Waals surface area contributed by atoms with Gasteiger partial charge in [0.15, 0.2) is 5.17 Å². The van der Waals surface area contributed by atoms with Gasteiger partial charge < -0.3 is 9.64 Å². The maximum absolute atomic E-state index is 12.5. The molecule has 2 heterocycles. The second-order valence-corrected chi connectivity index (χ2v) is 6.59. The highest BCUT2D eigenvalue weighted by molar-refractivity contribution is 8.16. The van der Waals surface area contributed by atoms with Crippen molar-refractivity contribution in [1.29, 1.82) is 0 Å². The van der Waals surface area contributed by atoms with Gasteiger partial charge in [-0.1, -0.05) is 35.5 Å². The van der Waals surface area contributed by atoms with Crippen LogP contribution in [0.1, 0.15) is 32.4 Å². The predicted octanol–water partition coefficient (Wildman–Crippen LogP) is 4.50. The average Bonchev–Trinajstić information content (AvgIpc) is 2.88. The summed E-state index contributed by atoms with van der Waals surface area (Å²) in [6, 6.07) is 7.31. The molecule has 23 heavy (non-hydrogen) atoms. The SMILES string of the molecule is CCOC(=O)C1=C(C)N=C2SC=C(C)N2C1c1ccc(Cl)cc1. The number of hydrogen-bond acceptors (Lipinski definition) is 5. The molecule has 0 saturated heterocycles. The molecule has 3 rings (SSSR count). The molecule has 0 aliphatic carbocycles. The molecule has 1 atom stereocenters. The van der Waals surface area contributed by atoms with Crippen LogP contribution in [0.5, 0.6) is 0 Å². The van der Waals surface area contributed by atoms with E-state index in [9.17, 15) is 4.79 Å². The number of benzene rings is 1. The Hall–Kier alpha value is -1.72. The molecule has 1 unspecified atom stereocenters. The van der Waals surface area contributed by atoms with E-state index in [-0.39, 0.29) is 12.0 Å². The molecule has 120 valence electrons. The van der Waals surface area contributed by atoms with Crippen molar-refractivity contribution in [3.8, 4) is 0 Å². The molecule has 0 N–H and O–H groups in total. The summed E-state index contributed by atoms with van der Waals surface area (Å²) in [5.74, 6) is -0.322. The van der Waals surface area contributed by atoms with Gasteiger partial charge in [-0.05, 0) is 43.9 Å². The number of hydrogen-bond donors (Lipinski definition) is 0. The standard InChI is InChI=1S/C17H17ClN2O2S/c1-4-22-16(21)14-11(3)19-17-20(10(2)9-23-17)15(14)12-5-7-13(18)8-6-12/h5-9,15H,4H2,1-3H3. The Morgan fingerprint density at radius 2 is 2.04 bits per heavy atom. The van der Waals surface area contributed by atoms with Crippen LogP contribution < -0.4 is 0 Å². The zero-order chi connectivity index (χ0) is 16.6. The molecule has 0 amide bonds. The molecule has 2 aliphatic rings. The van der Waals surface area contributed by atoms with Gasteiger partial charge in [0.1, 0.15) is 0 Å². The minimum Gasteiger partial charge on any atom is -0.463 e. The summed E-state index contributed by atoms with van der Waals surface area (Å²) in [7, 11) is 0. The van der Waals surface area contributed by atoms with Crippen LogP contribution >= 0.6 is 23.4 Å². The largest absolute Gasteiger partial charge is 0.463 e. The molecule has 2 aliphatic heterocycles. The van der Waals surface area contributed by atoms with Crippen molar-refractivity contribution in [2.75, 3.05) is 6.61 Å². The number of nitrogens with zero attached hydrogens (tertiary/aromatic N) is 2. The van der Waals surface area contributed by atoms with Crippen molar-refractivity contribution in [2.45, 2.75) is 26.8 Å². The number of thioether (sulfide) groups is 1. The van der Waals surface area contributed by atoms with Crippen molar-refractivity contribution in [1.82, 2.24) is 4.90 Å². The van der Waals surface area contributed by atoms with Gasteiger partial charge in [-0.3, -0.25) is 0 Å². The first-order valence-corrected chi connectivity index (χ1v) is 8.63. The molecule has 0 fully saturated rings. The second kappa shape index (κ2) is 6.42. The van der Waals surface area contributed by atoms with Crippen LogP contribution in [-0.2, 0) is 9.53 Å². The van der Waals surface area contributed by atoms with Crippen LogP contribution in [0.3, 0.4) is 0 Å². The summed E-state index contributed by atoms with van der Waals surface area (Å²) < 4.78 is 5.27. The van der Waals surface area contributed by atoms with Crippen LogP contribution in [0.2, 0.25) is 5.02 Å². The topological polar surface area (TPSA) is 41.9 Å². The lowest BCUT2D eigenvalue weighted by atomic mass is 9.94. The van der Waals surface area contributed by atoms with E-state index < -0.39 is 0 Å². The van der Waals surface area contributed by atoms with Crippen molar-refractivity contribution < 1.29 is 9.53 Å². The molecular formula is C17H17ClN2O2S. The number of carbonyl (C=O) groups is 1. The summed E-state index contributed by atoms with van der Waals surface area (Å²) in [5, 5.41) is 3.59. The molecular weight excluding hydrogens is 332 g/mol. The fourth-order valence-corrected chi connectivity index (χ4v) is 3.82. The fourth-order valence-electron chi connectivity index (χ4n) is 2.76. The number of amidine groups is 1. The van der Waals surface area contributed by atoms with Crippen LogP contribution in [-0.4, -0.2) is 22.6 Å². The summed E-state index contributed by atoms with van der Waals surface area (Å²) in [5.41, 5.74) is 3.32. The lowest BCUT2D eigenvalue weighted by Gasteiger charge is -2.35. The van der Waals surface area contributed by atoms with Gasteiger partial charge in [0, 0.05) is 10.7 Å². The van der Waals surface area contributed by atoms with Gasteiger partial charge in [-0.15, -0.1) is 0 Å². The molecule has 0 aromatic heterocycles. The van der Waals surface area contributed by atoms with Gasteiger partial charge >= 0.3 is 5.97 Å². The minimum atomic E-state index is -0.322. The maximum atomic E-state index is 12.5. The molecule has 0 spiro atoms. The van der Waals surface area contributed by atoms with Crippen molar-refractivity contribution in [3.05, 3.63) is 57.2 Å². The Labute approximate surface area is 144 Å². The fraction of sp³-hybridized carbons (Fsp3) is 0.294. The van der Waals surface area contributed by atoms with Crippen LogP contribution in [0.4, 0.5) is 0 Å². The van der Waals surface area contributed by atoms with Gasteiger partial charge in [0.25, 0.3) is 0 Å². The highest BCUT2D eigenvalue weighted by Gasteiger charge is 2.39. The molecule has 1 aromatic carbocycles. The molecule has 4 nitrogen and oxygen atoms in total. The van der Waals surface area contributed by atoms with E-state index in [2.05, 4.69) is 9.89 Å². The number of halogens is 1. The Bertz CT molecular complexity index is 737. The van der Waals surface area contributed by atoms with Crippen molar-refractivity contribution >= 4 is 34.5 Å². The van der Waals surface area contributed by atoms with E-state index in [0.717, 1.165) is 16.4 Å². The normalized spacial score (nSPS) is 20.2. The number of carbonyl (C=O) groups excluding carboxylic acids is 1. The van der Waals surface area contributed by atoms with E-state index in [1.54, 1.807) is 18.7 Å². The Balaban J connectivity index is 2.13. The summed E-state index contributed by atoms with van der Waals surface area (Å²) in [6.45, 7) is 6.01. The summed E-state index contributed by atoms with van der Waals surface area (Å²) in [4.78, 5) is 19.2. The first kappa shape index (κ1) is 16.1. The smallest absolute Gasteiger partial charge is 0.338 e. The number of aliphatic imine (C=N–C) groups is 1. The summed E-state index contributed by atoms with van der Waals surface area (Å²) in [6.07, 6.45) is 0. The number of allylic oxidation sites excluding steroid dienone is 2. The third kappa shape index (κ3) is 2.91. The lowest BCUT2D eigenvalue weighted by Crippen LogP contribution is -2.36. The van der Waals surface area contributed by atoms with Gasteiger partial charge in [0.2, 0.25) is 0 Å². The van der Waals surface area contributed by atoms with Gasteiger partial charge in [-0.2, -0.15) is 0 Å². The number of rotatable bonds is 3. The average molecular weight is 349 g/mol. The Morgan fingerprint density at radius 3 is 2.70 bits per heavy atom. The second-order valence-electron chi connectivity index (χ2n) is 5.32. The lowest BCUT2D eigenvalue weighted by molar-refractivity contribution is -0.139. The number of fused-ring (bicyclic) bond motifs is 1. The van der Waals surface area contributed by atoms with Crippen molar-refractivity contribution in [2.24, 2.45) is 4.99 Å². The molecule has 1 aromatic rings. The first-order valence-electron chi connectivity index (χ1n) is 7.37.